The van der Waals surface area contributed by atoms with E-state index in [1.807, 2.05) is 24.3 Å². The summed E-state index contributed by atoms with van der Waals surface area (Å²) < 4.78 is 10.2. The van der Waals surface area contributed by atoms with Crippen molar-refractivity contribution >= 4 is 23.6 Å². The standard InChI is InChI=1S/C27H41NO6/c1-5-6-7-8-9-10-26(32)25-13-11-24(12-14-25)15-16-27(28-21(2)29,17-19-33-22(3)30)18-20-34-23(4)31/h11-14H,5-10,15-20H2,1-4H3,(H,28,29). The molecule has 0 aliphatic heterocycles. The molecular weight excluding hydrogens is 434 g/mol. The highest BCUT2D eigenvalue weighted by Crippen LogP contribution is 2.24. The molecule has 1 N–H and O–H groups in total. The van der Waals surface area contributed by atoms with E-state index in [2.05, 4.69) is 12.2 Å². The normalized spacial score (nSPS) is 11.1. The number of Topliss-reactive ketones (excluding diaryl/α,β-unsaturated/α-hetero) is 1. The van der Waals surface area contributed by atoms with Gasteiger partial charge < -0.3 is 14.8 Å². The molecule has 0 aromatic heterocycles. The van der Waals surface area contributed by atoms with Gasteiger partial charge in [0.05, 0.1) is 13.2 Å². The molecule has 0 aliphatic carbocycles. The topological polar surface area (TPSA) is 98.8 Å². The molecule has 0 unspecified atom stereocenters. The number of nitrogens with one attached hydrogen (secondary N) is 1. The second kappa shape index (κ2) is 16.0. The Labute approximate surface area is 204 Å². The fourth-order valence-electron chi connectivity index (χ4n) is 3.99. The van der Waals surface area contributed by atoms with E-state index in [9.17, 15) is 19.2 Å². The molecule has 190 valence electrons. The van der Waals surface area contributed by atoms with Crippen molar-refractivity contribution in [2.75, 3.05) is 13.2 Å². The largest absolute Gasteiger partial charge is 0.466 e. The number of unbranched alkanes of at least 4 members (excludes halogenated alkanes) is 4. The summed E-state index contributed by atoms with van der Waals surface area (Å²) in [5, 5.41) is 3.00. The maximum Gasteiger partial charge on any atom is 0.302 e. The molecule has 1 aromatic carbocycles. The van der Waals surface area contributed by atoms with Crippen molar-refractivity contribution in [2.24, 2.45) is 0 Å². The summed E-state index contributed by atoms with van der Waals surface area (Å²) >= 11 is 0. The second-order valence-corrected chi connectivity index (χ2v) is 8.93. The van der Waals surface area contributed by atoms with E-state index in [1.54, 1.807) is 0 Å². The van der Waals surface area contributed by atoms with E-state index in [-0.39, 0.29) is 36.8 Å². The van der Waals surface area contributed by atoms with Crippen LogP contribution in [0.25, 0.3) is 0 Å². The Morgan fingerprint density at radius 1 is 0.794 bits per heavy atom. The highest BCUT2D eigenvalue weighted by atomic mass is 16.5. The Bertz CT molecular complexity index is 767. The van der Waals surface area contributed by atoms with E-state index < -0.39 is 5.54 Å². The summed E-state index contributed by atoms with van der Waals surface area (Å²) in [5.41, 5.74) is 1.07. The van der Waals surface area contributed by atoms with Gasteiger partial charge in [-0.25, -0.2) is 0 Å². The SMILES string of the molecule is CCCCCCCC(=O)c1ccc(CCC(CCOC(C)=O)(CCOC(C)=O)NC(C)=O)cc1. The van der Waals surface area contributed by atoms with Crippen LogP contribution >= 0.6 is 0 Å². The third kappa shape index (κ3) is 12.5. The predicted molar refractivity (Wildman–Crippen MR) is 132 cm³/mol. The highest BCUT2D eigenvalue weighted by molar-refractivity contribution is 5.96. The number of ether oxygens (including phenoxy) is 2. The molecule has 0 saturated carbocycles. The monoisotopic (exact) mass is 475 g/mol. The molecule has 0 aliphatic rings. The van der Waals surface area contributed by atoms with E-state index in [0.29, 0.717) is 32.1 Å². The van der Waals surface area contributed by atoms with E-state index >= 15 is 0 Å². The summed E-state index contributed by atoms with van der Waals surface area (Å²) in [6.07, 6.45) is 8.18. The Kier molecular flexibility index (Phi) is 13.8. The molecule has 0 spiro atoms. The fourth-order valence-corrected chi connectivity index (χ4v) is 3.99. The minimum absolute atomic E-state index is 0.154. The van der Waals surface area contributed by atoms with Gasteiger partial charge in [-0.1, -0.05) is 56.9 Å². The summed E-state index contributed by atoms with van der Waals surface area (Å²) in [7, 11) is 0. The summed E-state index contributed by atoms with van der Waals surface area (Å²) in [4.78, 5) is 46.9. The van der Waals surface area contributed by atoms with Crippen LogP contribution in [0.5, 0.6) is 0 Å². The molecule has 0 bridgehead atoms. The van der Waals surface area contributed by atoms with Crippen molar-refractivity contribution in [2.45, 2.75) is 97.4 Å². The van der Waals surface area contributed by atoms with Gasteiger partial charge in [0, 0.05) is 51.1 Å². The summed E-state index contributed by atoms with van der Waals surface area (Å²) in [6.45, 7) is 6.60. The zero-order valence-electron chi connectivity index (χ0n) is 21.2. The first kappa shape index (κ1) is 29.3. The van der Waals surface area contributed by atoms with Crippen molar-refractivity contribution in [1.82, 2.24) is 5.32 Å². The average Bonchev–Trinajstić information content (AvgIpc) is 2.77. The molecule has 7 heteroatoms. The van der Waals surface area contributed by atoms with Gasteiger partial charge >= 0.3 is 11.9 Å². The zero-order valence-corrected chi connectivity index (χ0v) is 21.2. The Morgan fingerprint density at radius 2 is 1.35 bits per heavy atom. The van der Waals surface area contributed by atoms with Crippen LogP contribution < -0.4 is 5.32 Å². The van der Waals surface area contributed by atoms with Crippen LogP contribution in [0.3, 0.4) is 0 Å². The fraction of sp³-hybridized carbons (Fsp3) is 0.630. The summed E-state index contributed by atoms with van der Waals surface area (Å²) in [6, 6.07) is 7.62. The predicted octanol–water partition coefficient (Wildman–Crippen LogP) is 4.94. The van der Waals surface area contributed by atoms with Gasteiger partial charge in [0.25, 0.3) is 0 Å². The van der Waals surface area contributed by atoms with Crippen LogP contribution in [-0.4, -0.2) is 42.4 Å². The zero-order chi connectivity index (χ0) is 25.4. The highest BCUT2D eigenvalue weighted by Gasteiger charge is 2.31. The molecule has 1 amide bonds. The third-order valence-electron chi connectivity index (χ3n) is 5.89. The van der Waals surface area contributed by atoms with Crippen LogP contribution in [0.15, 0.2) is 24.3 Å². The average molecular weight is 476 g/mol. The molecule has 34 heavy (non-hydrogen) atoms. The molecule has 0 heterocycles. The summed E-state index contributed by atoms with van der Waals surface area (Å²) in [5.74, 6) is -0.811. The first-order valence-electron chi connectivity index (χ1n) is 12.3. The molecule has 1 aromatic rings. The molecule has 0 fully saturated rings. The molecule has 1 rings (SSSR count). The molecule has 0 radical (unpaired) electrons. The van der Waals surface area contributed by atoms with Gasteiger partial charge in [0.15, 0.2) is 5.78 Å². The maximum absolute atomic E-state index is 12.4. The number of benzene rings is 1. The van der Waals surface area contributed by atoms with Gasteiger partial charge in [0.2, 0.25) is 5.91 Å². The number of amides is 1. The van der Waals surface area contributed by atoms with Gasteiger partial charge in [0.1, 0.15) is 0 Å². The first-order valence-corrected chi connectivity index (χ1v) is 12.3. The Morgan fingerprint density at radius 3 is 1.85 bits per heavy atom. The lowest BCUT2D eigenvalue weighted by Gasteiger charge is -2.34. The molecule has 0 saturated heterocycles. The number of hydrogen-bond acceptors (Lipinski definition) is 6. The number of esters is 2. The lowest BCUT2D eigenvalue weighted by Crippen LogP contribution is -2.49. The van der Waals surface area contributed by atoms with E-state index in [1.165, 1.54) is 40.0 Å². The van der Waals surface area contributed by atoms with Crippen molar-refractivity contribution in [1.29, 1.82) is 0 Å². The Balaban J connectivity index is 2.79. The van der Waals surface area contributed by atoms with Crippen molar-refractivity contribution in [3.8, 4) is 0 Å². The second-order valence-electron chi connectivity index (χ2n) is 8.93. The van der Waals surface area contributed by atoms with Crippen molar-refractivity contribution in [3.05, 3.63) is 35.4 Å². The quantitative estimate of drug-likeness (QED) is 0.195. The van der Waals surface area contributed by atoms with Crippen molar-refractivity contribution < 1.29 is 28.7 Å². The number of aryl methyl sites for hydroxylation is 1. The van der Waals surface area contributed by atoms with Gasteiger partial charge in [-0.15, -0.1) is 0 Å². The lowest BCUT2D eigenvalue weighted by molar-refractivity contribution is -0.141. The maximum atomic E-state index is 12.4. The van der Waals surface area contributed by atoms with Crippen LogP contribution in [-0.2, 0) is 30.3 Å². The minimum atomic E-state index is -0.691. The Hall–Kier alpha value is -2.70. The number of carbonyl (C=O) groups is 4. The van der Waals surface area contributed by atoms with Crippen LogP contribution in [0, 0.1) is 0 Å². The first-order chi connectivity index (χ1) is 16.2. The number of rotatable bonds is 17. The van der Waals surface area contributed by atoms with Gasteiger partial charge in [-0.05, 0) is 24.8 Å². The van der Waals surface area contributed by atoms with Gasteiger partial charge in [-0.3, -0.25) is 19.2 Å². The smallest absolute Gasteiger partial charge is 0.302 e. The minimum Gasteiger partial charge on any atom is -0.466 e. The van der Waals surface area contributed by atoms with Crippen LogP contribution in [0.2, 0.25) is 0 Å². The number of carbonyl (C=O) groups excluding carboxylic acids is 4. The number of hydrogen-bond donors (Lipinski definition) is 1. The lowest BCUT2D eigenvalue weighted by atomic mass is 9.85. The molecule has 7 nitrogen and oxygen atoms in total. The molecule has 0 atom stereocenters. The van der Waals surface area contributed by atoms with Gasteiger partial charge in [-0.2, -0.15) is 0 Å². The number of ketones is 1. The van der Waals surface area contributed by atoms with E-state index in [4.69, 9.17) is 9.47 Å². The third-order valence-corrected chi connectivity index (χ3v) is 5.89. The van der Waals surface area contributed by atoms with Crippen LogP contribution in [0.1, 0.15) is 101 Å². The van der Waals surface area contributed by atoms with Crippen LogP contribution in [0.4, 0.5) is 0 Å². The molecular formula is C27H41NO6. The van der Waals surface area contributed by atoms with E-state index in [0.717, 1.165) is 24.0 Å². The van der Waals surface area contributed by atoms with Crippen molar-refractivity contribution in [3.63, 3.8) is 0 Å².